The topological polar surface area (TPSA) is 49.8 Å². The van der Waals surface area contributed by atoms with Gasteiger partial charge in [-0.3, -0.25) is 4.79 Å². The van der Waals surface area contributed by atoms with Crippen LogP contribution in [0.4, 0.5) is 0 Å². The lowest BCUT2D eigenvalue weighted by molar-refractivity contribution is -0.145. The van der Waals surface area contributed by atoms with Gasteiger partial charge >= 0.3 is 5.97 Å². The van der Waals surface area contributed by atoms with Gasteiger partial charge in [-0.15, -0.1) is 0 Å². The number of aliphatic hydroxyl groups is 1. The molecule has 0 heterocycles. The van der Waals surface area contributed by atoms with Crippen molar-refractivity contribution in [1.29, 1.82) is 0 Å². The van der Waals surface area contributed by atoms with E-state index in [4.69, 9.17) is 0 Å². The zero-order valence-corrected chi connectivity index (χ0v) is 12.1. The summed E-state index contributed by atoms with van der Waals surface area (Å²) in [6, 6.07) is 7.82. The number of hydrogen-bond acceptors (Lipinski definition) is 4. The molecule has 0 spiro atoms. The van der Waals surface area contributed by atoms with Crippen LogP contribution in [0.1, 0.15) is 24.2 Å². The number of hydrogen-bond donors (Lipinski definition) is 1. The summed E-state index contributed by atoms with van der Waals surface area (Å²) in [6.07, 6.45) is -0.546. The molecular weight excluding hydrogens is 242 g/mol. The molecule has 4 nitrogen and oxygen atoms in total. The standard InChI is InChI=1S/C15H23NO3/c1-11-5-7-13(8-6-11)14(17)10-16(3)9-12(2)15(18)19-4/h5-8,12,14,17H,9-10H2,1-4H3. The highest BCUT2D eigenvalue weighted by molar-refractivity contribution is 5.72. The Bertz CT molecular complexity index is 402. The van der Waals surface area contributed by atoms with Crippen molar-refractivity contribution in [3.63, 3.8) is 0 Å². The summed E-state index contributed by atoms with van der Waals surface area (Å²) in [4.78, 5) is 13.3. The molecule has 1 aromatic rings. The average Bonchev–Trinajstić information content (AvgIpc) is 2.38. The lowest BCUT2D eigenvalue weighted by atomic mass is 10.1. The number of esters is 1. The Kier molecular flexibility index (Phi) is 5.99. The van der Waals surface area contributed by atoms with Crippen molar-refractivity contribution in [1.82, 2.24) is 4.90 Å². The van der Waals surface area contributed by atoms with Crippen LogP contribution in [0.2, 0.25) is 0 Å². The first-order valence-electron chi connectivity index (χ1n) is 6.45. The van der Waals surface area contributed by atoms with E-state index in [9.17, 15) is 9.90 Å². The van der Waals surface area contributed by atoms with Crippen LogP contribution in [-0.4, -0.2) is 43.2 Å². The van der Waals surface area contributed by atoms with Gasteiger partial charge in [0.1, 0.15) is 0 Å². The molecule has 0 saturated heterocycles. The summed E-state index contributed by atoms with van der Waals surface area (Å²) < 4.78 is 4.69. The zero-order chi connectivity index (χ0) is 14.4. The van der Waals surface area contributed by atoms with Crippen LogP contribution in [0.5, 0.6) is 0 Å². The normalized spacial score (nSPS) is 14.2. The maximum Gasteiger partial charge on any atom is 0.309 e. The minimum atomic E-state index is -0.546. The zero-order valence-electron chi connectivity index (χ0n) is 12.1. The number of methoxy groups -OCH3 is 1. The van der Waals surface area contributed by atoms with Gasteiger partial charge < -0.3 is 14.7 Å². The minimum Gasteiger partial charge on any atom is -0.469 e. The molecular formula is C15H23NO3. The Morgan fingerprint density at radius 3 is 2.42 bits per heavy atom. The van der Waals surface area contributed by atoms with E-state index in [1.165, 1.54) is 12.7 Å². The molecule has 2 atom stereocenters. The van der Waals surface area contributed by atoms with Gasteiger partial charge in [-0.2, -0.15) is 0 Å². The van der Waals surface area contributed by atoms with Crippen molar-refractivity contribution in [3.05, 3.63) is 35.4 Å². The highest BCUT2D eigenvalue weighted by Gasteiger charge is 2.17. The molecule has 1 aromatic carbocycles. The molecule has 0 aliphatic heterocycles. The molecule has 0 aromatic heterocycles. The second-order valence-corrected chi connectivity index (χ2v) is 5.07. The van der Waals surface area contributed by atoms with Crippen molar-refractivity contribution in [3.8, 4) is 0 Å². The number of likely N-dealkylation sites (N-methyl/N-ethyl adjacent to an activating group) is 1. The first kappa shape index (κ1) is 15.7. The van der Waals surface area contributed by atoms with Gasteiger partial charge in [-0.05, 0) is 19.5 Å². The van der Waals surface area contributed by atoms with E-state index in [2.05, 4.69) is 4.74 Å². The maximum absolute atomic E-state index is 11.3. The SMILES string of the molecule is COC(=O)C(C)CN(C)CC(O)c1ccc(C)cc1. The molecule has 1 N–H and O–H groups in total. The van der Waals surface area contributed by atoms with Gasteiger partial charge in [0.15, 0.2) is 0 Å². The molecule has 0 saturated carbocycles. The van der Waals surface area contributed by atoms with Crippen molar-refractivity contribution in [2.75, 3.05) is 27.2 Å². The smallest absolute Gasteiger partial charge is 0.309 e. The summed E-state index contributed by atoms with van der Waals surface area (Å²) in [5.74, 6) is -0.420. The summed E-state index contributed by atoms with van der Waals surface area (Å²) in [6.45, 7) is 4.89. The Morgan fingerprint density at radius 1 is 1.32 bits per heavy atom. The van der Waals surface area contributed by atoms with Gasteiger partial charge in [0.05, 0.1) is 19.1 Å². The number of nitrogens with zero attached hydrogens (tertiary/aromatic N) is 1. The Balaban J connectivity index is 2.49. The number of ether oxygens (including phenoxy) is 1. The van der Waals surface area contributed by atoms with E-state index in [1.807, 2.05) is 50.1 Å². The fourth-order valence-electron chi connectivity index (χ4n) is 2.01. The number of benzene rings is 1. The van der Waals surface area contributed by atoms with E-state index < -0.39 is 6.10 Å². The van der Waals surface area contributed by atoms with Crippen LogP contribution in [-0.2, 0) is 9.53 Å². The average molecular weight is 265 g/mol. The molecule has 19 heavy (non-hydrogen) atoms. The van der Waals surface area contributed by atoms with Gasteiger partial charge in [-0.25, -0.2) is 0 Å². The fraction of sp³-hybridized carbons (Fsp3) is 0.533. The molecule has 2 unspecified atom stereocenters. The van der Waals surface area contributed by atoms with Crippen LogP contribution in [0.15, 0.2) is 24.3 Å². The van der Waals surface area contributed by atoms with E-state index in [0.717, 1.165) is 5.56 Å². The molecule has 0 aliphatic rings. The Hall–Kier alpha value is -1.39. The lowest BCUT2D eigenvalue weighted by Crippen LogP contribution is -2.32. The molecule has 0 radical (unpaired) electrons. The summed E-state index contributed by atoms with van der Waals surface area (Å²) in [5, 5.41) is 10.1. The highest BCUT2D eigenvalue weighted by atomic mass is 16.5. The van der Waals surface area contributed by atoms with E-state index in [0.29, 0.717) is 13.1 Å². The fourth-order valence-corrected chi connectivity index (χ4v) is 2.01. The van der Waals surface area contributed by atoms with Crippen LogP contribution in [0.25, 0.3) is 0 Å². The first-order valence-corrected chi connectivity index (χ1v) is 6.45. The van der Waals surface area contributed by atoms with Crippen LogP contribution in [0, 0.1) is 12.8 Å². The van der Waals surface area contributed by atoms with Crippen molar-refractivity contribution in [2.45, 2.75) is 20.0 Å². The van der Waals surface area contributed by atoms with Crippen LogP contribution >= 0.6 is 0 Å². The summed E-state index contributed by atoms with van der Waals surface area (Å²) >= 11 is 0. The van der Waals surface area contributed by atoms with Crippen molar-refractivity contribution in [2.24, 2.45) is 5.92 Å². The third-order valence-electron chi connectivity index (χ3n) is 3.14. The van der Waals surface area contributed by atoms with Gasteiger partial charge in [0.2, 0.25) is 0 Å². The van der Waals surface area contributed by atoms with E-state index in [1.54, 1.807) is 0 Å². The molecule has 0 aliphatic carbocycles. The number of aliphatic hydroxyl groups excluding tert-OH is 1. The van der Waals surface area contributed by atoms with E-state index >= 15 is 0 Å². The second-order valence-electron chi connectivity index (χ2n) is 5.07. The van der Waals surface area contributed by atoms with Gasteiger partial charge in [0.25, 0.3) is 0 Å². The van der Waals surface area contributed by atoms with Crippen molar-refractivity contribution < 1.29 is 14.6 Å². The number of carbonyl (C=O) groups is 1. The Labute approximate surface area is 115 Å². The lowest BCUT2D eigenvalue weighted by Gasteiger charge is -2.23. The number of rotatable bonds is 6. The predicted octanol–water partition coefficient (Wildman–Crippen LogP) is 1.77. The summed E-state index contributed by atoms with van der Waals surface area (Å²) in [7, 11) is 3.27. The second kappa shape index (κ2) is 7.26. The third kappa shape index (κ3) is 5.01. The maximum atomic E-state index is 11.3. The predicted molar refractivity (Wildman–Crippen MR) is 74.8 cm³/mol. The van der Waals surface area contributed by atoms with Crippen molar-refractivity contribution >= 4 is 5.97 Å². The van der Waals surface area contributed by atoms with Gasteiger partial charge in [-0.1, -0.05) is 36.8 Å². The minimum absolute atomic E-state index is 0.194. The third-order valence-corrected chi connectivity index (χ3v) is 3.14. The number of aryl methyl sites for hydroxylation is 1. The van der Waals surface area contributed by atoms with Crippen LogP contribution in [0.3, 0.4) is 0 Å². The van der Waals surface area contributed by atoms with E-state index in [-0.39, 0.29) is 11.9 Å². The number of carbonyl (C=O) groups excluding carboxylic acids is 1. The van der Waals surface area contributed by atoms with Gasteiger partial charge in [0, 0.05) is 13.1 Å². The largest absolute Gasteiger partial charge is 0.469 e. The molecule has 0 amide bonds. The van der Waals surface area contributed by atoms with Crippen LogP contribution < -0.4 is 0 Å². The monoisotopic (exact) mass is 265 g/mol. The molecule has 106 valence electrons. The Morgan fingerprint density at radius 2 is 1.89 bits per heavy atom. The highest BCUT2D eigenvalue weighted by Crippen LogP contribution is 2.15. The molecule has 0 fully saturated rings. The molecule has 0 bridgehead atoms. The quantitative estimate of drug-likeness (QED) is 0.796. The molecule has 4 heteroatoms. The first-order chi connectivity index (χ1) is 8.93. The molecule has 1 rings (SSSR count). The summed E-state index contributed by atoms with van der Waals surface area (Å²) in [5.41, 5.74) is 2.06.